The van der Waals surface area contributed by atoms with E-state index in [0.29, 0.717) is 41.3 Å². The molecule has 9 nitrogen and oxygen atoms in total. The number of carboxylic acids is 1. The van der Waals surface area contributed by atoms with E-state index < -0.39 is 5.97 Å². The van der Waals surface area contributed by atoms with Crippen molar-refractivity contribution in [3.05, 3.63) is 70.9 Å². The van der Waals surface area contributed by atoms with Gasteiger partial charge in [-0.3, -0.25) is 14.3 Å². The summed E-state index contributed by atoms with van der Waals surface area (Å²) in [6.45, 7) is 2.57. The number of anilines is 1. The largest absolute Gasteiger partial charge is 0.478 e. The van der Waals surface area contributed by atoms with Gasteiger partial charge in [0.2, 0.25) is 5.91 Å². The fraction of sp³-hybridized carbons (Fsp3) is 0.174. The zero-order valence-corrected chi connectivity index (χ0v) is 17.2. The van der Waals surface area contributed by atoms with Crippen LogP contribution >= 0.6 is 0 Å². The summed E-state index contributed by atoms with van der Waals surface area (Å²) in [6.07, 6.45) is 0. The molecule has 0 saturated carbocycles. The van der Waals surface area contributed by atoms with E-state index in [4.69, 9.17) is 5.26 Å². The number of rotatable bonds is 5. The average molecular weight is 429 g/mol. The number of carboxylic acid groups (broad SMARTS) is 1. The quantitative estimate of drug-likeness (QED) is 0.642. The van der Waals surface area contributed by atoms with Crippen LogP contribution in [0.5, 0.6) is 0 Å². The van der Waals surface area contributed by atoms with Crippen LogP contribution in [0.3, 0.4) is 0 Å². The Labute approximate surface area is 183 Å². The number of carbonyl (C=O) groups is 3. The van der Waals surface area contributed by atoms with E-state index in [1.165, 1.54) is 13.0 Å². The second-order valence-electron chi connectivity index (χ2n) is 7.42. The molecule has 0 bridgehead atoms. The molecule has 2 amide bonds. The van der Waals surface area contributed by atoms with Crippen LogP contribution in [0.4, 0.5) is 5.69 Å². The highest BCUT2D eigenvalue weighted by molar-refractivity contribution is 5.97. The molecule has 0 saturated heterocycles. The highest BCUT2D eigenvalue weighted by Gasteiger charge is 2.27. The summed E-state index contributed by atoms with van der Waals surface area (Å²) in [4.78, 5) is 37.5. The van der Waals surface area contributed by atoms with Gasteiger partial charge in [0.05, 0.1) is 35.1 Å². The maximum atomic E-state index is 13.1. The number of benzene rings is 2. The number of hydrogen-bond donors (Lipinski definition) is 2. The van der Waals surface area contributed by atoms with E-state index in [9.17, 15) is 19.5 Å². The average Bonchev–Trinajstić information content (AvgIpc) is 3.20. The van der Waals surface area contributed by atoms with Crippen molar-refractivity contribution in [3.63, 3.8) is 0 Å². The zero-order chi connectivity index (χ0) is 22.8. The molecular weight excluding hydrogens is 410 g/mol. The number of nitrogens with one attached hydrogen (secondary N) is 1. The van der Waals surface area contributed by atoms with Crippen LogP contribution in [0.15, 0.2) is 48.5 Å². The second kappa shape index (κ2) is 8.35. The summed E-state index contributed by atoms with van der Waals surface area (Å²) in [7, 11) is 0. The van der Waals surface area contributed by atoms with Gasteiger partial charge >= 0.3 is 5.97 Å². The standard InChI is InChI=1S/C23H19N5O4/c1-14(29)25-19-10-15(12-24)5-6-18(19)20-11-21-22(30)27(7-8-28(21)26-20)13-16-3-2-4-17(9-16)23(31)32/h2-6,9-11H,7-8,13H2,1H3,(H,25,29)(H,31,32). The van der Waals surface area contributed by atoms with Gasteiger partial charge in [-0.2, -0.15) is 10.4 Å². The van der Waals surface area contributed by atoms with Crippen molar-refractivity contribution in [3.8, 4) is 17.3 Å². The second-order valence-corrected chi connectivity index (χ2v) is 7.42. The summed E-state index contributed by atoms with van der Waals surface area (Å²) >= 11 is 0. The van der Waals surface area contributed by atoms with Crippen LogP contribution < -0.4 is 5.32 Å². The molecule has 2 aromatic carbocycles. The number of aromatic carboxylic acids is 1. The van der Waals surface area contributed by atoms with E-state index in [-0.39, 0.29) is 23.9 Å². The monoisotopic (exact) mass is 429 g/mol. The molecule has 1 aliphatic rings. The lowest BCUT2D eigenvalue weighted by atomic mass is 10.1. The Balaban J connectivity index is 1.62. The molecule has 160 valence electrons. The summed E-state index contributed by atoms with van der Waals surface area (Å²) in [5.41, 5.74) is 3.26. The Morgan fingerprint density at radius 1 is 1.19 bits per heavy atom. The molecule has 0 atom stereocenters. The summed E-state index contributed by atoms with van der Waals surface area (Å²) in [5, 5.41) is 25.6. The molecule has 2 heterocycles. The smallest absolute Gasteiger partial charge is 0.335 e. The maximum absolute atomic E-state index is 13.1. The van der Waals surface area contributed by atoms with E-state index >= 15 is 0 Å². The Morgan fingerprint density at radius 2 is 2.00 bits per heavy atom. The maximum Gasteiger partial charge on any atom is 0.335 e. The molecule has 9 heteroatoms. The van der Waals surface area contributed by atoms with Crippen molar-refractivity contribution in [2.45, 2.75) is 20.0 Å². The molecule has 0 aliphatic carbocycles. The van der Waals surface area contributed by atoms with Crippen molar-refractivity contribution in [2.24, 2.45) is 0 Å². The van der Waals surface area contributed by atoms with Gasteiger partial charge in [0.1, 0.15) is 5.69 Å². The molecule has 1 aliphatic heterocycles. The normalized spacial score (nSPS) is 12.8. The Morgan fingerprint density at radius 3 is 2.72 bits per heavy atom. The molecule has 0 unspecified atom stereocenters. The first kappa shape index (κ1) is 20.8. The fourth-order valence-electron chi connectivity index (χ4n) is 3.67. The fourth-order valence-corrected chi connectivity index (χ4v) is 3.67. The predicted molar refractivity (Wildman–Crippen MR) is 115 cm³/mol. The molecule has 0 fully saturated rings. The third-order valence-electron chi connectivity index (χ3n) is 5.15. The van der Waals surface area contributed by atoms with Gasteiger partial charge < -0.3 is 15.3 Å². The summed E-state index contributed by atoms with van der Waals surface area (Å²) in [5.74, 6) is -1.52. The van der Waals surface area contributed by atoms with Crippen LogP contribution in [-0.4, -0.2) is 44.1 Å². The lowest BCUT2D eigenvalue weighted by molar-refractivity contribution is -0.114. The molecule has 32 heavy (non-hydrogen) atoms. The van der Waals surface area contributed by atoms with Crippen LogP contribution in [-0.2, 0) is 17.9 Å². The molecule has 2 N–H and O–H groups in total. The third-order valence-corrected chi connectivity index (χ3v) is 5.15. The van der Waals surface area contributed by atoms with Crippen molar-refractivity contribution in [2.75, 3.05) is 11.9 Å². The number of carbonyl (C=O) groups excluding carboxylic acids is 2. The van der Waals surface area contributed by atoms with Crippen molar-refractivity contribution in [1.82, 2.24) is 14.7 Å². The Bertz CT molecular complexity index is 1290. The minimum Gasteiger partial charge on any atom is -0.478 e. The first-order valence-electron chi connectivity index (χ1n) is 9.87. The van der Waals surface area contributed by atoms with Gasteiger partial charge in [0.25, 0.3) is 5.91 Å². The van der Waals surface area contributed by atoms with E-state index in [1.807, 2.05) is 6.07 Å². The molecule has 0 radical (unpaired) electrons. The van der Waals surface area contributed by atoms with Crippen molar-refractivity contribution >= 4 is 23.5 Å². The lowest BCUT2D eigenvalue weighted by Crippen LogP contribution is -2.39. The number of nitriles is 1. The van der Waals surface area contributed by atoms with Gasteiger partial charge in [0, 0.05) is 25.6 Å². The first-order valence-corrected chi connectivity index (χ1v) is 9.87. The van der Waals surface area contributed by atoms with Crippen molar-refractivity contribution < 1.29 is 19.5 Å². The van der Waals surface area contributed by atoms with Gasteiger partial charge in [-0.15, -0.1) is 0 Å². The first-order chi connectivity index (χ1) is 15.4. The Hall–Kier alpha value is -4.45. The van der Waals surface area contributed by atoms with Gasteiger partial charge in [-0.25, -0.2) is 4.79 Å². The molecule has 3 aromatic rings. The summed E-state index contributed by atoms with van der Waals surface area (Å²) in [6, 6.07) is 15.1. The van der Waals surface area contributed by atoms with Crippen LogP contribution in [0.25, 0.3) is 11.3 Å². The number of amides is 2. The number of aromatic nitrogens is 2. The van der Waals surface area contributed by atoms with Crippen LogP contribution in [0.1, 0.15) is 38.9 Å². The lowest BCUT2D eigenvalue weighted by Gasteiger charge is -2.27. The minimum atomic E-state index is -1.02. The number of fused-ring (bicyclic) bond motifs is 1. The SMILES string of the molecule is CC(=O)Nc1cc(C#N)ccc1-c1cc2n(n1)CCN(Cc1cccc(C(=O)O)c1)C2=O. The van der Waals surface area contributed by atoms with E-state index in [2.05, 4.69) is 10.4 Å². The van der Waals surface area contributed by atoms with E-state index in [0.717, 1.165) is 5.56 Å². The van der Waals surface area contributed by atoms with Gasteiger partial charge in [-0.1, -0.05) is 12.1 Å². The molecule has 1 aromatic heterocycles. The topological polar surface area (TPSA) is 128 Å². The summed E-state index contributed by atoms with van der Waals surface area (Å²) < 4.78 is 1.62. The van der Waals surface area contributed by atoms with Crippen LogP contribution in [0.2, 0.25) is 0 Å². The third kappa shape index (κ3) is 4.06. The minimum absolute atomic E-state index is 0.172. The predicted octanol–water partition coefficient (Wildman–Crippen LogP) is 2.73. The van der Waals surface area contributed by atoms with Gasteiger partial charge in [-0.05, 0) is 42.0 Å². The van der Waals surface area contributed by atoms with Crippen molar-refractivity contribution in [1.29, 1.82) is 5.26 Å². The molecule has 4 rings (SSSR count). The zero-order valence-electron chi connectivity index (χ0n) is 17.2. The molecule has 0 spiro atoms. The molecular formula is C23H19N5O4. The number of nitrogens with zero attached hydrogens (tertiary/aromatic N) is 4. The van der Waals surface area contributed by atoms with Gasteiger partial charge in [0.15, 0.2) is 0 Å². The highest BCUT2D eigenvalue weighted by atomic mass is 16.4. The highest BCUT2D eigenvalue weighted by Crippen LogP contribution is 2.30. The Kier molecular flexibility index (Phi) is 5.43. The number of hydrogen-bond acceptors (Lipinski definition) is 5. The van der Waals surface area contributed by atoms with E-state index in [1.54, 1.807) is 52.0 Å². The van der Waals surface area contributed by atoms with Crippen LogP contribution in [0, 0.1) is 11.3 Å².